The molecule has 1 aliphatic heterocycles. The van der Waals surface area contributed by atoms with Crippen molar-refractivity contribution in [3.63, 3.8) is 0 Å². The summed E-state index contributed by atoms with van der Waals surface area (Å²) in [4.78, 5) is 2.48. The molecule has 1 aromatic rings. The van der Waals surface area contributed by atoms with E-state index >= 15 is 0 Å². The molecule has 2 nitrogen and oxygen atoms in total. The van der Waals surface area contributed by atoms with E-state index in [1.807, 2.05) is 0 Å². The standard InChI is InChI=1S/C16H25NO/c1-2-14-6-8-15(9-7-14)16(18)10-13-17-11-4-3-5-12-17/h6-9,16,18H,2-5,10-13H2,1H3. The lowest BCUT2D eigenvalue weighted by molar-refractivity contribution is 0.134. The van der Waals surface area contributed by atoms with Crippen molar-refractivity contribution in [3.8, 4) is 0 Å². The van der Waals surface area contributed by atoms with Crippen LogP contribution in [0.15, 0.2) is 24.3 Å². The van der Waals surface area contributed by atoms with Gasteiger partial charge in [-0.1, -0.05) is 37.6 Å². The van der Waals surface area contributed by atoms with E-state index in [9.17, 15) is 5.11 Å². The Morgan fingerprint density at radius 3 is 2.39 bits per heavy atom. The first-order chi connectivity index (χ1) is 8.79. The maximum absolute atomic E-state index is 10.2. The Bertz CT molecular complexity index is 341. The molecule has 0 bridgehead atoms. The van der Waals surface area contributed by atoms with Crippen molar-refractivity contribution in [1.29, 1.82) is 0 Å². The van der Waals surface area contributed by atoms with Crippen LogP contribution in [0.2, 0.25) is 0 Å². The Morgan fingerprint density at radius 1 is 1.11 bits per heavy atom. The lowest BCUT2D eigenvalue weighted by Crippen LogP contribution is -2.31. The molecule has 1 aliphatic rings. The van der Waals surface area contributed by atoms with E-state index in [4.69, 9.17) is 0 Å². The minimum absolute atomic E-state index is 0.308. The average molecular weight is 247 g/mol. The van der Waals surface area contributed by atoms with Gasteiger partial charge in [-0.05, 0) is 49.9 Å². The van der Waals surface area contributed by atoms with Crippen molar-refractivity contribution in [3.05, 3.63) is 35.4 Å². The van der Waals surface area contributed by atoms with Gasteiger partial charge in [-0.15, -0.1) is 0 Å². The number of likely N-dealkylation sites (tertiary alicyclic amines) is 1. The number of benzene rings is 1. The number of hydrogen-bond acceptors (Lipinski definition) is 2. The summed E-state index contributed by atoms with van der Waals surface area (Å²) in [6.07, 6.45) is 5.62. The maximum Gasteiger partial charge on any atom is 0.0802 e. The first-order valence-corrected chi connectivity index (χ1v) is 7.29. The third-order valence-corrected chi connectivity index (χ3v) is 3.94. The lowest BCUT2D eigenvalue weighted by Gasteiger charge is -2.27. The summed E-state index contributed by atoms with van der Waals surface area (Å²) in [7, 11) is 0. The zero-order chi connectivity index (χ0) is 12.8. The van der Waals surface area contributed by atoms with E-state index in [-0.39, 0.29) is 6.10 Å². The third kappa shape index (κ3) is 3.82. The Hall–Kier alpha value is -0.860. The number of rotatable bonds is 5. The summed E-state index contributed by atoms with van der Waals surface area (Å²) >= 11 is 0. The molecule has 0 aromatic heterocycles. The van der Waals surface area contributed by atoms with Crippen LogP contribution in [-0.2, 0) is 6.42 Å². The lowest BCUT2D eigenvalue weighted by atomic mass is 10.0. The molecule has 18 heavy (non-hydrogen) atoms. The van der Waals surface area contributed by atoms with Gasteiger partial charge in [0, 0.05) is 6.54 Å². The Balaban J connectivity index is 1.80. The highest BCUT2D eigenvalue weighted by atomic mass is 16.3. The molecule has 0 aliphatic carbocycles. The van der Waals surface area contributed by atoms with Crippen molar-refractivity contribution >= 4 is 0 Å². The predicted octanol–water partition coefficient (Wildman–Crippen LogP) is 3.16. The van der Waals surface area contributed by atoms with Crippen LogP contribution in [0.3, 0.4) is 0 Å². The van der Waals surface area contributed by atoms with Crippen LogP contribution in [0.5, 0.6) is 0 Å². The molecular formula is C16H25NO. The van der Waals surface area contributed by atoms with Crippen LogP contribution in [0, 0.1) is 0 Å². The van der Waals surface area contributed by atoms with Gasteiger partial charge in [0.05, 0.1) is 6.10 Å². The van der Waals surface area contributed by atoms with Gasteiger partial charge in [0.2, 0.25) is 0 Å². The van der Waals surface area contributed by atoms with Crippen LogP contribution in [-0.4, -0.2) is 29.6 Å². The summed E-state index contributed by atoms with van der Waals surface area (Å²) in [6.45, 7) is 5.60. The van der Waals surface area contributed by atoms with Gasteiger partial charge in [0.1, 0.15) is 0 Å². The molecule has 0 amide bonds. The highest BCUT2D eigenvalue weighted by molar-refractivity contribution is 5.24. The quantitative estimate of drug-likeness (QED) is 0.864. The molecule has 0 saturated carbocycles. The van der Waals surface area contributed by atoms with Crippen LogP contribution in [0.1, 0.15) is 49.8 Å². The zero-order valence-electron chi connectivity index (χ0n) is 11.4. The van der Waals surface area contributed by atoms with Gasteiger partial charge in [0.15, 0.2) is 0 Å². The van der Waals surface area contributed by atoms with Gasteiger partial charge in [0.25, 0.3) is 0 Å². The SMILES string of the molecule is CCc1ccc(C(O)CCN2CCCCC2)cc1. The van der Waals surface area contributed by atoms with Gasteiger partial charge in [-0.2, -0.15) is 0 Å². The molecule has 0 spiro atoms. The maximum atomic E-state index is 10.2. The first-order valence-electron chi connectivity index (χ1n) is 7.29. The molecule has 1 saturated heterocycles. The first kappa shape index (κ1) is 13.6. The highest BCUT2D eigenvalue weighted by Crippen LogP contribution is 2.19. The van der Waals surface area contributed by atoms with Gasteiger partial charge in [-0.25, -0.2) is 0 Å². The minimum Gasteiger partial charge on any atom is -0.388 e. The minimum atomic E-state index is -0.308. The molecule has 1 atom stereocenters. The topological polar surface area (TPSA) is 23.5 Å². The van der Waals surface area contributed by atoms with Crippen molar-refractivity contribution < 1.29 is 5.11 Å². The normalized spacial score (nSPS) is 18.8. The van der Waals surface area contributed by atoms with E-state index in [1.54, 1.807) is 0 Å². The molecule has 1 unspecified atom stereocenters. The second kappa shape index (κ2) is 6.91. The van der Waals surface area contributed by atoms with Crippen LogP contribution >= 0.6 is 0 Å². The molecule has 2 rings (SSSR count). The van der Waals surface area contributed by atoms with Gasteiger partial charge < -0.3 is 10.0 Å². The van der Waals surface area contributed by atoms with Crippen LogP contribution in [0.25, 0.3) is 0 Å². The van der Waals surface area contributed by atoms with Crippen LogP contribution < -0.4 is 0 Å². The van der Waals surface area contributed by atoms with Crippen molar-refractivity contribution in [2.45, 2.75) is 45.1 Å². The zero-order valence-corrected chi connectivity index (χ0v) is 11.4. The van der Waals surface area contributed by atoms with Crippen molar-refractivity contribution in [1.82, 2.24) is 4.90 Å². The largest absolute Gasteiger partial charge is 0.388 e. The average Bonchev–Trinajstić information content (AvgIpc) is 2.46. The summed E-state index contributed by atoms with van der Waals surface area (Å²) < 4.78 is 0. The van der Waals surface area contributed by atoms with Gasteiger partial charge in [-0.3, -0.25) is 0 Å². The second-order valence-corrected chi connectivity index (χ2v) is 5.30. The molecule has 1 N–H and O–H groups in total. The number of hydrogen-bond donors (Lipinski definition) is 1. The monoisotopic (exact) mass is 247 g/mol. The number of aryl methyl sites for hydroxylation is 1. The number of piperidine rings is 1. The van der Waals surface area contributed by atoms with Crippen molar-refractivity contribution in [2.24, 2.45) is 0 Å². The molecular weight excluding hydrogens is 222 g/mol. The Morgan fingerprint density at radius 2 is 1.78 bits per heavy atom. The Labute approximate surface area is 111 Å². The Kier molecular flexibility index (Phi) is 5.21. The third-order valence-electron chi connectivity index (χ3n) is 3.94. The predicted molar refractivity (Wildman–Crippen MR) is 75.7 cm³/mol. The van der Waals surface area contributed by atoms with E-state index in [1.165, 1.54) is 37.9 Å². The number of aliphatic hydroxyl groups is 1. The van der Waals surface area contributed by atoms with E-state index in [0.717, 1.165) is 24.9 Å². The van der Waals surface area contributed by atoms with E-state index in [0.29, 0.717) is 0 Å². The smallest absolute Gasteiger partial charge is 0.0802 e. The fraction of sp³-hybridized carbons (Fsp3) is 0.625. The molecule has 1 aromatic carbocycles. The van der Waals surface area contributed by atoms with Crippen LogP contribution in [0.4, 0.5) is 0 Å². The number of nitrogens with zero attached hydrogens (tertiary/aromatic N) is 1. The summed E-state index contributed by atoms with van der Waals surface area (Å²) in [6, 6.07) is 8.39. The van der Waals surface area contributed by atoms with Crippen molar-refractivity contribution in [2.75, 3.05) is 19.6 Å². The molecule has 0 radical (unpaired) electrons. The summed E-state index contributed by atoms with van der Waals surface area (Å²) in [5.41, 5.74) is 2.39. The number of aliphatic hydroxyl groups excluding tert-OH is 1. The van der Waals surface area contributed by atoms with Gasteiger partial charge >= 0.3 is 0 Å². The summed E-state index contributed by atoms with van der Waals surface area (Å²) in [5, 5.41) is 10.2. The molecule has 1 fully saturated rings. The summed E-state index contributed by atoms with van der Waals surface area (Å²) in [5.74, 6) is 0. The van der Waals surface area contributed by atoms with E-state index in [2.05, 4.69) is 36.1 Å². The molecule has 1 heterocycles. The molecule has 100 valence electrons. The fourth-order valence-electron chi connectivity index (χ4n) is 2.63. The second-order valence-electron chi connectivity index (χ2n) is 5.30. The molecule has 2 heteroatoms. The highest BCUT2D eigenvalue weighted by Gasteiger charge is 2.13. The fourth-order valence-corrected chi connectivity index (χ4v) is 2.63. The van der Waals surface area contributed by atoms with E-state index < -0.39 is 0 Å².